The standard InChI is InChI=1S/C20H20Cl2F3N3S/c21-13-4-3-5-14(16(13)22)29-18-17(20(23,24)25)27-15(12-26-18)28-10-8-19(9-11-28)6-1-2-7-19/h3-5,12H,1-2,6-11H2. The lowest BCUT2D eigenvalue weighted by Gasteiger charge is -2.40. The van der Waals surface area contributed by atoms with E-state index < -0.39 is 11.9 Å². The minimum atomic E-state index is -4.61. The summed E-state index contributed by atoms with van der Waals surface area (Å²) in [4.78, 5) is 10.4. The maximum Gasteiger partial charge on any atom is 0.436 e. The number of hydrogen-bond donors (Lipinski definition) is 0. The first kappa shape index (κ1) is 21.1. The number of aromatic nitrogens is 2. The van der Waals surface area contributed by atoms with Crippen molar-refractivity contribution < 1.29 is 13.2 Å². The molecule has 1 aliphatic carbocycles. The molecule has 1 aromatic heterocycles. The van der Waals surface area contributed by atoms with Crippen LogP contribution in [0.4, 0.5) is 19.0 Å². The molecule has 1 spiro atoms. The van der Waals surface area contributed by atoms with Crippen molar-refractivity contribution in [3.8, 4) is 0 Å². The van der Waals surface area contributed by atoms with Gasteiger partial charge >= 0.3 is 6.18 Å². The van der Waals surface area contributed by atoms with Gasteiger partial charge in [-0.25, -0.2) is 9.97 Å². The summed E-state index contributed by atoms with van der Waals surface area (Å²) < 4.78 is 41.2. The smallest absolute Gasteiger partial charge is 0.355 e. The molecule has 0 atom stereocenters. The quantitative estimate of drug-likeness (QED) is 0.486. The fraction of sp³-hybridized carbons (Fsp3) is 0.500. The summed E-state index contributed by atoms with van der Waals surface area (Å²) in [7, 11) is 0. The van der Waals surface area contributed by atoms with Gasteiger partial charge in [-0.15, -0.1) is 0 Å². The van der Waals surface area contributed by atoms with E-state index in [0.717, 1.165) is 37.7 Å². The largest absolute Gasteiger partial charge is 0.436 e. The zero-order chi connectivity index (χ0) is 20.6. The molecule has 1 aliphatic heterocycles. The Kier molecular flexibility index (Phi) is 5.93. The van der Waals surface area contributed by atoms with Gasteiger partial charge in [0.15, 0.2) is 5.69 Å². The summed E-state index contributed by atoms with van der Waals surface area (Å²) in [6, 6.07) is 4.83. The zero-order valence-corrected chi connectivity index (χ0v) is 17.9. The Hall–Kier alpha value is -1.18. The molecule has 2 heterocycles. The molecule has 3 nitrogen and oxygen atoms in total. The first-order chi connectivity index (χ1) is 13.8. The number of anilines is 1. The first-order valence-corrected chi connectivity index (χ1v) is 11.2. The molecule has 1 aromatic carbocycles. The molecule has 0 bridgehead atoms. The second-order valence-electron chi connectivity index (χ2n) is 7.73. The van der Waals surface area contributed by atoms with Gasteiger partial charge in [0, 0.05) is 18.0 Å². The summed E-state index contributed by atoms with van der Waals surface area (Å²) in [6.07, 6.45) is 3.81. The van der Waals surface area contributed by atoms with E-state index in [4.69, 9.17) is 23.2 Å². The third-order valence-corrected chi connectivity index (χ3v) is 7.91. The van der Waals surface area contributed by atoms with Crippen molar-refractivity contribution in [3.05, 3.63) is 40.1 Å². The number of hydrogen-bond acceptors (Lipinski definition) is 4. The normalized spacial score (nSPS) is 19.1. The van der Waals surface area contributed by atoms with Crippen LogP contribution in [0.1, 0.15) is 44.2 Å². The fourth-order valence-electron chi connectivity index (χ4n) is 4.28. The van der Waals surface area contributed by atoms with Crippen LogP contribution in [0.5, 0.6) is 0 Å². The van der Waals surface area contributed by atoms with Crippen molar-refractivity contribution in [1.82, 2.24) is 9.97 Å². The number of halogens is 5. The van der Waals surface area contributed by atoms with Crippen molar-refractivity contribution in [2.45, 2.75) is 54.6 Å². The topological polar surface area (TPSA) is 29.0 Å². The van der Waals surface area contributed by atoms with Crippen molar-refractivity contribution in [2.24, 2.45) is 5.41 Å². The maximum atomic E-state index is 13.7. The van der Waals surface area contributed by atoms with E-state index in [1.807, 2.05) is 4.90 Å². The van der Waals surface area contributed by atoms with Crippen LogP contribution in [-0.2, 0) is 6.18 Å². The van der Waals surface area contributed by atoms with Crippen molar-refractivity contribution in [3.63, 3.8) is 0 Å². The fourth-order valence-corrected chi connectivity index (χ4v) is 5.67. The molecule has 2 fully saturated rings. The van der Waals surface area contributed by atoms with Crippen LogP contribution in [0.25, 0.3) is 0 Å². The van der Waals surface area contributed by atoms with Gasteiger partial charge in [-0.1, -0.05) is 53.9 Å². The minimum Gasteiger partial charge on any atom is -0.355 e. The molecule has 0 N–H and O–H groups in total. The number of rotatable bonds is 3. The average Bonchev–Trinajstić information content (AvgIpc) is 3.14. The molecule has 2 aliphatic rings. The lowest BCUT2D eigenvalue weighted by atomic mass is 9.77. The van der Waals surface area contributed by atoms with Crippen LogP contribution in [0.3, 0.4) is 0 Å². The van der Waals surface area contributed by atoms with Gasteiger partial charge in [0.05, 0.1) is 16.2 Å². The highest BCUT2D eigenvalue weighted by Crippen LogP contribution is 2.47. The molecule has 0 radical (unpaired) electrons. The van der Waals surface area contributed by atoms with E-state index in [0.29, 0.717) is 10.3 Å². The minimum absolute atomic E-state index is 0.205. The Morgan fingerprint density at radius 3 is 2.38 bits per heavy atom. The van der Waals surface area contributed by atoms with E-state index in [-0.39, 0.29) is 20.9 Å². The second-order valence-corrected chi connectivity index (χ2v) is 9.54. The Labute approximate surface area is 182 Å². The third kappa shape index (κ3) is 4.47. The number of benzene rings is 1. The van der Waals surface area contributed by atoms with Gasteiger partial charge in [0.25, 0.3) is 0 Å². The van der Waals surface area contributed by atoms with Crippen molar-refractivity contribution in [1.29, 1.82) is 0 Å². The van der Waals surface area contributed by atoms with Gasteiger partial charge in [0.1, 0.15) is 10.8 Å². The van der Waals surface area contributed by atoms with E-state index in [1.165, 1.54) is 31.9 Å². The molecular formula is C20H20Cl2F3N3S. The number of nitrogens with zero attached hydrogens (tertiary/aromatic N) is 3. The van der Waals surface area contributed by atoms with E-state index in [1.54, 1.807) is 18.2 Å². The summed E-state index contributed by atoms with van der Waals surface area (Å²) in [6.45, 7) is 1.44. The van der Waals surface area contributed by atoms with E-state index >= 15 is 0 Å². The third-order valence-electron chi connectivity index (χ3n) is 5.93. The Morgan fingerprint density at radius 2 is 1.72 bits per heavy atom. The first-order valence-electron chi connectivity index (χ1n) is 9.59. The second kappa shape index (κ2) is 8.16. The van der Waals surface area contributed by atoms with Crippen LogP contribution < -0.4 is 4.90 Å². The van der Waals surface area contributed by atoms with E-state index in [9.17, 15) is 13.2 Å². The van der Waals surface area contributed by atoms with Crippen LogP contribution in [0, 0.1) is 5.41 Å². The molecule has 156 valence electrons. The Morgan fingerprint density at radius 1 is 1.03 bits per heavy atom. The average molecular weight is 462 g/mol. The maximum absolute atomic E-state index is 13.7. The highest BCUT2D eigenvalue weighted by atomic mass is 35.5. The van der Waals surface area contributed by atoms with Gasteiger partial charge in [-0.3, -0.25) is 0 Å². The van der Waals surface area contributed by atoms with Gasteiger partial charge in [-0.05, 0) is 43.2 Å². The molecule has 0 amide bonds. The Balaban J connectivity index is 1.59. The lowest BCUT2D eigenvalue weighted by molar-refractivity contribution is -0.143. The molecule has 9 heteroatoms. The summed E-state index contributed by atoms with van der Waals surface area (Å²) in [5.41, 5.74) is -0.604. The highest BCUT2D eigenvalue weighted by molar-refractivity contribution is 7.99. The number of piperidine rings is 1. The van der Waals surface area contributed by atoms with Crippen LogP contribution >= 0.6 is 35.0 Å². The molecule has 1 saturated heterocycles. The van der Waals surface area contributed by atoms with E-state index in [2.05, 4.69) is 9.97 Å². The molecule has 0 unspecified atom stereocenters. The summed E-state index contributed by atoms with van der Waals surface area (Å²) in [5.74, 6) is 0.284. The molecule has 29 heavy (non-hydrogen) atoms. The number of alkyl halides is 3. The predicted molar refractivity (Wildman–Crippen MR) is 110 cm³/mol. The lowest BCUT2D eigenvalue weighted by Crippen LogP contribution is -2.39. The monoisotopic (exact) mass is 461 g/mol. The van der Waals surface area contributed by atoms with Crippen LogP contribution in [0.15, 0.2) is 34.3 Å². The van der Waals surface area contributed by atoms with Crippen LogP contribution in [-0.4, -0.2) is 23.1 Å². The summed E-state index contributed by atoms with van der Waals surface area (Å²) in [5, 5.41) is 0.259. The predicted octanol–water partition coefficient (Wildman–Crippen LogP) is 7.11. The SMILES string of the molecule is FC(F)(F)c1nc(N2CCC3(CCCC3)CC2)cnc1Sc1cccc(Cl)c1Cl. The summed E-state index contributed by atoms with van der Waals surface area (Å²) >= 11 is 12.9. The van der Waals surface area contributed by atoms with Gasteiger partial charge in [-0.2, -0.15) is 13.2 Å². The molecular weight excluding hydrogens is 442 g/mol. The van der Waals surface area contributed by atoms with Gasteiger partial charge < -0.3 is 4.90 Å². The Bertz CT molecular complexity index is 891. The highest BCUT2D eigenvalue weighted by Gasteiger charge is 2.40. The van der Waals surface area contributed by atoms with Crippen molar-refractivity contribution >= 4 is 40.8 Å². The molecule has 1 saturated carbocycles. The van der Waals surface area contributed by atoms with Crippen LogP contribution in [0.2, 0.25) is 10.0 Å². The van der Waals surface area contributed by atoms with Crippen molar-refractivity contribution in [2.75, 3.05) is 18.0 Å². The van der Waals surface area contributed by atoms with Gasteiger partial charge in [0.2, 0.25) is 0 Å². The zero-order valence-electron chi connectivity index (χ0n) is 15.6. The molecule has 4 rings (SSSR count). The molecule has 2 aromatic rings.